The van der Waals surface area contributed by atoms with Crippen LogP contribution in [0.2, 0.25) is 0 Å². The van der Waals surface area contributed by atoms with Crippen LogP contribution in [0, 0.1) is 17.7 Å². The van der Waals surface area contributed by atoms with E-state index in [0.29, 0.717) is 6.61 Å². The maximum atomic E-state index is 12.7. The third-order valence-electron chi connectivity index (χ3n) is 3.62. The van der Waals surface area contributed by atoms with E-state index in [1.807, 2.05) is 0 Å². The van der Waals surface area contributed by atoms with Crippen LogP contribution in [0.25, 0.3) is 0 Å². The van der Waals surface area contributed by atoms with Gasteiger partial charge in [0, 0.05) is 11.8 Å². The molecule has 3 heteroatoms. The Hall–Kier alpha value is -1.09. The molecular weight excluding hydrogens is 229 g/mol. The second kappa shape index (κ2) is 6.19. The predicted molar refractivity (Wildman–Crippen MR) is 70.4 cm³/mol. The molecule has 0 unspecified atom stereocenters. The average Bonchev–Trinajstić information content (AvgIpc) is 2.30. The van der Waals surface area contributed by atoms with Gasteiger partial charge in [0.15, 0.2) is 0 Å². The van der Waals surface area contributed by atoms with Gasteiger partial charge in [0.2, 0.25) is 0 Å². The van der Waals surface area contributed by atoms with Crippen LogP contribution in [0.15, 0.2) is 24.3 Å². The van der Waals surface area contributed by atoms with Gasteiger partial charge in [-0.3, -0.25) is 0 Å². The number of halogens is 1. The molecule has 1 fully saturated rings. The van der Waals surface area contributed by atoms with Crippen molar-refractivity contribution in [1.29, 1.82) is 0 Å². The Labute approximate surface area is 109 Å². The van der Waals surface area contributed by atoms with Gasteiger partial charge >= 0.3 is 0 Å². The quantitative estimate of drug-likeness (QED) is 0.862. The maximum absolute atomic E-state index is 12.7. The molecule has 0 aliphatic carbocycles. The van der Waals surface area contributed by atoms with Crippen LogP contribution >= 0.6 is 0 Å². The van der Waals surface area contributed by atoms with Crippen molar-refractivity contribution in [3.05, 3.63) is 30.1 Å². The first kappa shape index (κ1) is 13.3. The third kappa shape index (κ3) is 3.98. The Morgan fingerprint density at radius 3 is 2.39 bits per heavy atom. The van der Waals surface area contributed by atoms with Crippen LogP contribution in [0.3, 0.4) is 0 Å². The number of piperidine rings is 1. The molecule has 0 amide bonds. The van der Waals surface area contributed by atoms with Crippen molar-refractivity contribution < 1.29 is 14.0 Å². The molecule has 2 rings (SSSR count). The zero-order chi connectivity index (χ0) is 13.0. The fourth-order valence-corrected chi connectivity index (χ4v) is 2.97. The van der Waals surface area contributed by atoms with Crippen LogP contribution in [0.5, 0.6) is 5.75 Å². The lowest BCUT2D eigenvalue weighted by Gasteiger charge is -2.31. The summed E-state index contributed by atoms with van der Waals surface area (Å²) in [5.41, 5.74) is 0. The van der Waals surface area contributed by atoms with E-state index < -0.39 is 0 Å². The number of rotatable bonds is 4. The van der Waals surface area contributed by atoms with Crippen molar-refractivity contribution >= 4 is 0 Å². The van der Waals surface area contributed by atoms with Gasteiger partial charge in [-0.1, -0.05) is 13.8 Å². The number of hydrogen-bond acceptors (Lipinski definition) is 1. The molecule has 1 heterocycles. The minimum Gasteiger partial charge on any atom is -0.488 e. The van der Waals surface area contributed by atoms with E-state index >= 15 is 0 Å². The summed E-state index contributed by atoms with van der Waals surface area (Å²) in [5.74, 6) is 2.17. The molecule has 2 nitrogen and oxygen atoms in total. The van der Waals surface area contributed by atoms with Gasteiger partial charge in [-0.25, -0.2) is 4.39 Å². The van der Waals surface area contributed by atoms with Crippen LogP contribution in [0.1, 0.15) is 20.3 Å². The summed E-state index contributed by atoms with van der Waals surface area (Å²) in [4.78, 5) is 1.63. The molecule has 0 saturated carbocycles. The molecule has 0 radical (unpaired) electrons. The van der Waals surface area contributed by atoms with Crippen LogP contribution in [-0.4, -0.2) is 26.2 Å². The second-order valence-electron chi connectivity index (χ2n) is 5.66. The highest BCUT2D eigenvalue weighted by atomic mass is 19.1. The van der Waals surface area contributed by atoms with Gasteiger partial charge in [-0.15, -0.1) is 0 Å². The van der Waals surface area contributed by atoms with E-state index in [2.05, 4.69) is 13.8 Å². The lowest BCUT2D eigenvalue weighted by molar-refractivity contribution is -0.912. The molecule has 1 aromatic carbocycles. The van der Waals surface area contributed by atoms with Gasteiger partial charge in [0.1, 0.15) is 24.7 Å². The highest BCUT2D eigenvalue weighted by molar-refractivity contribution is 5.21. The summed E-state index contributed by atoms with van der Waals surface area (Å²) in [6, 6.07) is 6.25. The number of quaternary nitrogens is 1. The highest BCUT2D eigenvalue weighted by Gasteiger charge is 2.24. The molecule has 0 spiro atoms. The number of hydrogen-bond donors (Lipinski definition) is 1. The number of likely N-dealkylation sites (tertiary alicyclic amines) is 1. The largest absolute Gasteiger partial charge is 0.488 e. The zero-order valence-electron chi connectivity index (χ0n) is 11.3. The van der Waals surface area contributed by atoms with Crippen molar-refractivity contribution in [3.8, 4) is 5.75 Å². The van der Waals surface area contributed by atoms with Gasteiger partial charge in [0.05, 0.1) is 13.1 Å². The summed E-state index contributed by atoms with van der Waals surface area (Å²) in [6.45, 7) is 8.90. The second-order valence-corrected chi connectivity index (χ2v) is 5.66. The minimum absolute atomic E-state index is 0.216. The summed E-state index contributed by atoms with van der Waals surface area (Å²) in [6.07, 6.45) is 1.35. The average molecular weight is 252 g/mol. The lowest BCUT2D eigenvalue weighted by atomic mass is 9.92. The summed E-state index contributed by atoms with van der Waals surface area (Å²) >= 11 is 0. The molecule has 1 saturated heterocycles. The van der Waals surface area contributed by atoms with Crippen molar-refractivity contribution in [1.82, 2.24) is 0 Å². The fourth-order valence-electron chi connectivity index (χ4n) is 2.97. The Balaban J connectivity index is 1.73. The first-order chi connectivity index (χ1) is 8.63. The number of benzene rings is 1. The predicted octanol–water partition coefficient (Wildman–Crippen LogP) is 1.77. The smallest absolute Gasteiger partial charge is 0.137 e. The summed E-state index contributed by atoms with van der Waals surface area (Å²) in [7, 11) is 0. The zero-order valence-corrected chi connectivity index (χ0v) is 11.3. The molecule has 1 aliphatic rings. The standard InChI is InChI=1S/C15H22FNO/c1-12-9-13(2)11-17(10-12)7-8-18-15-5-3-14(16)4-6-15/h3-6,12-13H,7-11H2,1-2H3/p+1/t12-,13-/m0/s1. The Bertz CT molecular complexity index is 355. The summed E-state index contributed by atoms with van der Waals surface area (Å²) in [5, 5.41) is 0. The molecule has 18 heavy (non-hydrogen) atoms. The van der Waals surface area contributed by atoms with E-state index in [0.717, 1.165) is 24.1 Å². The van der Waals surface area contributed by atoms with Crippen molar-refractivity contribution in [2.75, 3.05) is 26.2 Å². The van der Waals surface area contributed by atoms with Crippen molar-refractivity contribution in [3.63, 3.8) is 0 Å². The summed E-state index contributed by atoms with van der Waals surface area (Å²) < 4.78 is 18.4. The maximum Gasteiger partial charge on any atom is 0.137 e. The molecule has 1 N–H and O–H groups in total. The van der Waals surface area contributed by atoms with E-state index in [-0.39, 0.29) is 5.82 Å². The molecule has 1 aliphatic heterocycles. The van der Waals surface area contributed by atoms with Crippen LogP contribution in [0.4, 0.5) is 4.39 Å². The van der Waals surface area contributed by atoms with Crippen molar-refractivity contribution in [2.24, 2.45) is 11.8 Å². The van der Waals surface area contributed by atoms with E-state index in [1.165, 1.54) is 31.6 Å². The Morgan fingerprint density at radius 1 is 1.17 bits per heavy atom. The van der Waals surface area contributed by atoms with Crippen LogP contribution in [-0.2, 0) is 0 Å². The topological polar surface area (TPSA) is 13.7 Å². The molecule has 0 bridgehead atoms. The van der Waals surface area contributed by atoms with E-state index in [9.17, 15) is 4.39 Å². The highest BCUT2D eigenvalue weighted by Crippen LogP contribution is 2.12. The van der Waals surface area contributed by atoms with Crippen LogP contribution < -0.4 is 9.64 Å². The first-order valence-corrected chi connectivity index (χ1v) is 6.85. The fraction of sp³-hybridized carbons (Fsp3) is 0.600. The van der Waals surface area contributed by atoms with Gasteiger partial charge in [-0.05, 0) is 30.7 Å². The molecule has 1 aromatic rings. The minimum atomic E-state index is -0.216. The van der Waals surface area contributed by atoms with Gasteiger partial charge in [-0.2, -0.15) is 0 Å². The number of nitrogens with one attached hydrogen (secondary N) is 1. The molecule has 2 atom stereocenters. The Morgan fingerprint density at radius 2 is 1.78 bits per heavy atom. The molecular formula is C15H23FNO+. The van der Waals surface area contributed by atoms with Gasteiger partial charge in [0.25, 0.3) is 0 Å². The SMILES string of the molecule is C[C@H]1C[C@H](C)C[NH+](CCOc2ccc(F)cc2)C1. The number of ether oxygens (including phenoxy) is 1. The monoisotopic (exact) mass is 252 g/mol. The first-order valence-electron chi connectivity index (χ1n) is 6.85. The normalized spacial score (nSPS) is 28.1. The van der Waals surface area contributed by atoms with E-state index in [4.69, 9.17) is 4.74 Å². The molecule has 0 aromatic heterocycles. The third-order valence-corrected chi connectivity index (χ3v) is 3.62. The van der Waals surface area contributed by atoms with Crippen molar-refractivity contribution in [2.45, 2.75) is 20.3 Å². The Kier molecular flexibility index (Phi) is 4.59. The lowest BCUT2D eigenvalue weighted by Crippen LogP contribution is -3.14. The van der Waals surface area contributed by atoms with Gasteiger partial charge < -0.3 is 9.64 Å². The van der Waals surface area contributed by atoms with E-state index in [1.54, 1.807) is 17.0 Å². The molecule has 100 valence electrons.